The first-order chi connectivity index (χ1) is 12.4. The fourth-order valence-corrected chi connectivity index (χ4v) is 3.44. The number of pyridine rings is 1. The number of likely N-dealkylation sites (tertiary alicyclic amines) is 1. The molecule has 3 rings (SSSR count). The monoisotopic (exact) mass is 362 g/mol. The minimum absolute atomic E-state index is 0.00355. The van der Waals surface area contributed by atoms with Crippen LogP contribution in [0, 0.1) is 5.92 Å². The molecule has 26 heavy (non-hydrogen) atoms. The summed E-state index contributed by atoms with van der Waals surface area (Å²) >= 11 is 0. The second kappa shape index (κ2) is 7.89. The molecule has 0 saturated carbocycles. The van der Waals surface area contributed by atoms with Crippen LogP contribution >= 0.6 is 0 Å². The number of aromatic nitrogens is 1. The highest BCUT2D eigenvalue weighted by Crippen LogP contribution is 2.30. The van der Waals surface area contributed by atoms with E-state index < -0.39 is 11.7 Å². The third-order valence-electron chi connectivity index (χ3n) is 4.83. The summed E-state index contributed by atoms with van der Waals surface area (Å²) in [5.41, 5.74) is 0.712. The van der Waals surface area contributed by atoms with Crippen molar-refractivity contribution in [1.82, 2.24) is 9.88 Å². The zero-order chi connectivity index (χ0) is 18.6. The van der Waals surface area contributed by atoms with Gasteiger partial charge in [-0.3, -0.25) is 9.78 Å². The number of nitrogens with zero attached hydrogens (tertiary/aromatic N) is 2. The SMILES string of the molecule is O=C(c1ccncc1)N1CCCC(CCc2cccc(C(F)(F)F)c2)C1. The number of amides is 1. The maximum Gasteiger partial charge on any atom is 0.416 e. The lowest BCUT2D eigenvalue weighted by atomic mass is 9.91. The summed E-state index contributed by atoms with van der Waals surface area (Å²) in [6.07, 6.45) is 2.18. The van der Waals surface area contributed by atoms with Gasteiger partial charge in [-0.05, 0) is 55.4 Å². The van der Waals surface area contributed by atoms with Crippen LogP contribution in [-0.2, 0) is 12.6 Å². The molecule has 3 nitrogen and oxygen atoms in total. The van der Waals surface area contributed by atoms with E-state index in [9.17, 15) is 18.0 Å². The number of hydrogen-bond acceptors (Lipinski definition) is 2. The molecule has 0 bridgehead atoms. The van der Waals surface area contributed by atoms with Crippen LogP contribution in [-0.4, -0.2) is 28.9 Å². The number of carbonyl (C=O) groups excluding carboxylic acids is 1. The molecule has 0 N–H and O–H groups in total. The van der Waals surface area contributed by atoms with Crippen LogP contribution in [0.1, 0.15) is 40.7 Å². The van der Waals surface area contributed by atoms with Crippen LogP contribution in [0.5, 0.6) is 0 Å². The summed E-state index contributed by atoms with van der Waals surface area (Å²) in [6, 6.07) is 8.92. The molecule has 1 fully saturated rings. The predicted molar refractivity (Wildman–Crippen MR) is 92.6 cm³/mol. The van der Waals surface area contributed by atoms with E-state index in [0.29, 0.717) is 30.0 Å². The Morgan fingerprint density at radius 3 is 2.69 bits per heavy atom. The maximum atomic E-state index is 12.8. The van der Waals surface area contributed by atoms with Gasteiger partial charge in [0.1, 0.15) is 0 Å². The van der Waals surface area contributed by atoms with Gasteiger partial charge < -0.3 is 4.90 Å². The van der Waals surface area contributed by atoms with E-state index >= 15 is 0 Å². The van der Waals surface area contributed by atoms with Gasteiger partial charge >= 0.3 is 6.18 Å². The Balaban J connectivity index is 1.58. The first kappa shape index (κ1) is 18.4. The third-order valence-corrected chi connectivity index (χ3v) is 4.83. The number of rotatable bonds is 4. The first-order valence-electron chi connectivity index (χ1n) is 8.79. The molecular formula is C20H21F3N2O. The van der Waals surface area contributed by atoms with Crippen LogP contribution in [0.25, 0.3) is 0 Å². The minimum Gasteiger partial charge on any atom is -0.338 e. The zero-order valence-corrected chi connectivity index (χ0v) is 14.4. The molecule has 1 aliphatic heterocycles. The minimum atomic E-state index is -4.31. The van der Waals surface area contributed by atoms with Crippen molar-refractivity contribution >= 4 is 5.91 Å². The normalized spacial score (nSPS) is 18.0. The molecule has 0 aliphatic carbocycles. The van der Waals surface area contributed by atoms with Crippen molar-refractivity contribution in [1.29, 1.82) is 0 Å². The van der Waals surface area contributed by atoms with Gasteiger partial charge in [-0.15, -0.1) is 0 Å². The van der Waals surface area contributed by atoms with Gasteiger partial charge in [-0.1, -0.05) is 18.2 Å². The Labute approximate surface area is 150 Å². The van der Waals surface area contributed by atoms with E-state index in [1.54, 1.807) is 30.6 Å². The van der Waals surface area contributed by atoms with E-state index in [1.165, 1.54) is 12.1 Å². The Kier molecular flexibility index (Phi) is 5.59. The molecule has 6 heteroatoms. The van der Waals surface area contributed by atoms with Crippen molar-refractivity contribution in [3.63, 3.8) is 0 Å². The van der Waals surface area contributed by atoms with Gasteiger partial charge in [-0.25, -0.2) is 0 Å². The summed E-state index contributed by atoms with van der Waals surface area (Å²) in [4.78, 5) is 18.3. The number of alkyl halides is 3. The quantitative estimate of drug-likeness (QED) is 0.797. The summed E-state index contributed by atoms with van der Waals surface area (Å²) in [7, 11) is 0. The summed E-state index contributed by atoms with van der Waals surface area (Å²) in [5, 5.41) is 0. The molecule has 2 aromatic rings. The molecule has 1 aliphatic rings. The van der Waals surface area contributed by atoms with Crippen molar-refractivity contribution < 1.29 is 18.0 Å². The number of carbonyl (C=O) groups is 1. The van der Waals surface area contributed by atoms with E-state index in [-0.39, 0.29) is 5.91 Å². The second-order valence-electron chi connectivity index (χ2n) is 6.73. The molecular weight excluding hydrogens is 341 g/mol. The Hall–Kier alpha value is -2.37. The molecule has 2 heterocycles. The molecule has 138 valence electrons. The first-order valence-corrected chi connectivity index (χ1v) is 8.79. The number of piperidine rings is 1. The van der Waals surface area contributed by atoms with Crippen molar-refractivity contribution in [2.24, 2.45) is 5.92 Å². The Bertz CT molecular complexity index is 746. The van der Waals surface area contributed by atoms with Gasteiger partial charge in [0.2, 0.25) is 0 Å². The number of halogens is 3. The average molecular weight is 362 g/mol. The summed E-state index contributed by atoms with van der Waals surface area (Å²) in [5.74, 6) is 0.306. The Morgan fingerprint density at radius 2 is 1.96 bits per heavy atom. The van der Waals surface area contributed by atoms with Gasteiger partial charge in [-0.2, -0.15) is 13.2 Å². The molecule has 1 aromatic carbocycles. The Morgan fingerprint density at radius 1 is 1.19 bits per heavy atom. The standard InChI is InChI=1S/C20H21F3N2O/c21-20(22,23)18-5-1-3-15(13-18)6-7-16-4-2-12-25(14-16)19(26)17-8-10-24-11-9-17/h1,3,5,8-11,13,16H,2,4,6-7,12,14H2. The van der Waals surface area contributed by atoms with Crippen LogP contribution in [0.4, 0.5) is 13.2 Å². The van der Waals surface area contributed by atoms with Gasteiger partial charge in [0.15, 0.2) is 0 Å². The topological polar surface area (TPSA) is 33.2 Å². The van der Waals surface area contributed by atoms with Crippen molar-refractivity contribution in [2.75, 3.05) is 13.1 Å². The largest absolute Gasteiger partial charge is 0.416 e. The summed E-state index contributed by atoms with van der Waals surface area (Å²) < 4.78 is 38.4. The van der Waals surface area contributed by atoms with Crippen molar-refractivity contribution in [3.8, 4) is 0 Å². The fraction of sp³-hybridized carbons (Fsp3) is 0.400. The number of benzene rings is 1. The molecule has 1 amide bonds. The van der Waals surface area contributed by atoms with Gasteiger partial charge in [0.25, 0.3) is 5.91 Å². The van der Waals surface area contributed by atoms with Gasteiger partial charge in [0.05, 0.1) is 5.56 Å². The lowest BCUT2D eigenvalue weighted by Gasteiger charge is -2.33. The second-order valence-corrected chi connectivity index (χ2v) is 6.73. The predicted octanol–water partition coefficient (Wildman–Crippen LogP) is 4.59. The van der Waals surface area contributed by atoms with Crippen LogP contribution in [0.3, 0.4) is 0 Å². The van der Waals surface area contributed by atoms with Crippen LogP contribution in [0.15, 0.2) is 48.8 Å². The highest BCUT2D eigenvalue weighted by molar-refractivity contribution is 5.94. The highest BCUT2D eigenvalue weighted by Gasteiger charge is 2.30. The van der Waals surface area contributed by atoms with Crippen LogP contribution in [0.2, 0.25) is 0 Å². The van der Waals surface area contributed by atoms with E-state index in [0.717, 1.165) is 31.9 Å². The third kappa shape index (κ3) is 4.62. The van der Waals surface area contributed by atoms with Crippen molar-refractivity contribution in [2.45, 2.75) is 31.9 Å². The van der Waals surface area contributed by atoms with Crippen molar-refractivity contribution in [3.05, 3.63) is 65.5 Å². The molecule has 0 spiro atoms. The smallest absolute Gasteiger partial charge is 0.338 e. The fourth-order valence-electron chi connectivity index (χ4n) is 3.44. The molecule has 1 atom stereocenters. The summed E-state index contributed by atoms with van der Waals surface area (Å²) in [6.45, 7) is 1.38. The molecule has 1 unspecified atom stereocenters. The highest BCUT2D eigenvalue weighted by atomic mass is 19.4. The maximum absolute atomic E-state index is 12.8. The van der Waals surface area contributed by atoms with E-state index in [4.69, 9.17) is 0 Å². The van der Waals surface area contributed by atoms with Crippen LogP contribution < -0.4 is 0 Å². The lowest BCUT2D eigenvalue weighted by molar-refractivity contribution is -0.137. The molecule has 1 aromatic heterocycles. The van der Waals surface area contributed by atoms with E-state index in [1.807, 2.05) is 4.90 Å². The molecule has 1 saturated heterocycles. The molecule has 0 radical (unpaired) electrons. The van der Waals surface area contributed by atoms with Gasteiger partial charge in [0, 0.05) is 31.0 Å². The number of aryl methyl sites for hydroxylation is 1. The lowest BCUT2D eigenvalue weighted by Crippen LogP contribution is -2.40. The average Bonchev–Trinajstić information content (AvgIpc) is 2.66. The zero-order valence-electron chi connectivity index (χ0n) is 14.4. The number of hydrogen-bond donors (Lipinski definition) is 0. The van der Waals surface area contributed by atoms with E-state index in [2.05, 4.69) is 4.98 Å².